The third kappa shape index (κ3) is 2.23. The fourth-order valence-electron chi connectivity index (χ4n) is 0.825. The van der Waals surface area contributed by atoms with E-state index in [1.165, 1.54) is 0 Å². The van der Waals surface area contributed by atoms with Gasteiger partial charge >= 0.3 is 0 Å². The van der Waals surface area contributed by atoms with Crippen molar-refractivity contribution in [1.29, 1.82) is 0 Å². The van der Waals surface area contributed by atoms with Crippen LogP contribution in [0.15, 0.2) is 22.8 Å². The molecule has 1 atom stereocenters. The number of rotatable bonds is 3. The Morgan fingerprint density at radius 1 is 1.70 bits per heavy atom. The van der Waals surface area contributed by atoms with E-state index in [9.17, 15) is 0 Å². The van der Waals surface area contributed by atoms with Crippen LogP contribution in [0.4, 0.5) is 0 Å². The Labute approximate surface area is 61.0 Å². The minimum Gasteiger partial charge on any atom is -0.469 e. The van der Waals surface area contributed by atoms with E-state index < -0.39 is 0 Å². The first-order valence-electron chi connectivity index (χ1n) is 3.57. The molecule has 0 saturated heterocycles. The van der Waals surface area contributed by atoms with Gasteiger partial charge in [0.2, 0.25) is 0 Å². The molecule has 2 heteroatoms. The summed E-state index contributed by atoms with van der Waals surface area (Å²) in [5.74, 6) is 1.03. The Morgan fingerprint density at radius 3 is 3.00 bits per heavy atom. The highest BCUT2D eigenvalue weighted by atomic mass is 16.3. The molecule has 10 heavy (non-hydrogen) atoms. The average Bonchev–Trinajstić information content (AvgIpc) is 2.34. The number of aryl methyl sites for hydroxylation is 1. The first-order valence-corrected chi connectivity index (χ1v) is 3.57. The van der Waals surface area contributed by atoms with Crippen molar-refractivity contribution in [2.45, 2.75) is 25.8 Å². The molecule has 1 unspecified atom stereocenters. The number of hydrogen-bond donors (Lipinski definition) is 1. The second-order valence-electron chi connectivity index (χ2n) is 2.60. The smallest absolute Gasteiger partial charge is 0.103 e. The van der Waals surface area contributed by atoms with Crippen molar-refractivity contribution in [3.05, 3.63) is 24.2 Å². The van der Waals surface area contributed by atoms with Gasteiger partial charge in [0.05, 0.1) is 6.26 Å². The van der Waals surface area contributed by atoms with Gasteiger partial charge in [-0.1, -0.05) is 0 Å². The molecule has 0 radical (unpaired) electrons. The average molecular weight is 139 g/mol. The van der Waals surface area contributed by atoms with Crippen LogP contribution < -0.4 is 5.73 Å². The second kappa shape index (κ2) is 3.42. The first-order chi connectivity index (χ1) is 4.79. The quantitative estimate of drug-likeness (QED) is 0.690. The predicted molar refractivity (Wildman–Crippen MR) is 40.7 cm³/mol. The molecule has 0 amide bonds. The highest BCUT2D eigenvalue weighted by Crippen LogP contribution is 2.04. The van der Waals surface area contributed by atoms with Crippen molar-refractivity contribution >= 4 is 0 Å². The summed E-state index contributed by atoms with van der Waals surface area (Å²) in [5, 5.41) is 0. The first kappa shape index (κ1) is 7.35. The van der Waals surface area contributed by atoms with Crippen molar-refractivity contribution < 1.29 is 4.42 Å². The van der Waals surface area contributed by atoms with Gasteiger partial charge in [0.15, 0.2) is 0 Å². The molecule has 0 aliphatic rings. The van der Waals surface area contributed by atoms with Gasteiger partial charge in [0, 0.05) is 12.5 Å². The zero-order valence-corrected chi connectivity index (χ0v) is 6.21. The van der Waals surface area contributed by atoms with Crippen molar-refractivity contribution in [2.24, 2.45) is 5.73 Å². The van der Waals surface area contributed by atoms with Gasteiger partial charge in [-0.2, -0.15) is 0 Å². The number of furan rings is 1. The van der Waals surface area contributed by atoms with E-state index in [0.29, 0.717) is 0 Å². The van der Waals surface area contributed by atoms with E-state index >= 15 is 0 Å². The Hall–Kier alpha value is -0.760. The fraction of sp³-hybridized carbons (Fsp3) is 0.500. The number of nitrogens with two attached hydrogens (primary N) is 1. The maximum absolute atomic E-state index is 5.57. The van der Waals surface area contributed by atoms with E-state index in [0.717, 1.165) is 18.6 Å². The molecule has 2 nitrogen and oxygen atoms in total. The molecule has 0 fully saturated rings. The van der Waals surface area contributed by atoms with Gasteiger partial charge in [-0.3, -0.25) is 0 Å². The Balaban J connectivity index is 2.28. The molecule has 0 aliphatic heterocycles. The van der Waals surface area contributed by atoms with Gasteiger partial charge < -0.3 is 10.2 Å². The largest absolute Gasteiger partial charge is 0.469 e. The lowest BCUT2D eigenvalue weighted by Crippen LogP contribution is -2.15. The lowest BCUT2D eigenvalue weighted by atomic mass is 10.2. The molecule has 2 N–H and O–H groups in total. The molecule has 1 aromatic rings. The molecule has 0 saturated carbocycles. The van der Waals surface area contributed by atoms with Gasteiger partial charge in [0.1, 0.15) is 5.76 Å². The van der Waals surface area contributed by atoms with E-state index in [4.69, 9.17) is 10.2 Å². The highest BCUT2D eigenvalue weighted by Gasteiger charge is 1.97. The molecule has 56 valence electrons. The topological polar surface area (TPSA) is 39.2 Å². The van der Waals surface area contributed by atoms with Crippen LogP contribution in [0, 0.1) is 0 Å². The summed E-state index contributed by atoms with van der Waals surface area (Å²) in [6.45, 7) is 2.00. The Bertz CT molecular complexity index is 167. The van der Waals surface area contributed by atoms with E-state index in [2.05, 4.69) is 0 Å². The van der Waals surface area contributed by atoms with Crippen LogP contribution >= 0.6 is 0 Å². The van der Waals surface area contributed by atoms with Crippen molar-refractivity contribution in [3.63, 3.8) is 0 Å². The maximum Gasteiger partial charge on any atom is 0.103 e. The SMILES string of the molecule is CC(N)CCc1ccco1. The zero-order valence-electron chi connectivity index (χ0n) is 6.21. The third-order valence-corrected chi connectivity index (χ3v) is 1.43. The zero-order chi connectivity index (χ0) is 7.40. The molecule has 0 spiro atoms. The number of hydrogen-bond acceptors (Lipinski definition) is 2. The highest BCUT2D eigenvalue weighted by molar-refractivity contribution is 4.98. The molecule has 1 aromatic heterocycles. The van der Waals surface area contributed by atoms with Crippen LogP contribution in [0.25, 0.3) is 0 Å². The molecule has 1 heterocycles. The van der Waals surface area contributed by atoms with Gasteiger partial charge in [0.25, 0.3) is 0 Å². The van der Waals surface area contributed by atoms with Crippen LogP contribution in [-0.4, -0.2) is 6.04 Å². The van der Waals surface area contributed by atoms with Gasteiger partial charge in [-0.25, -0.2) is 0 Å². The predicted octanol–water partition coefficient (Wildman–Crippen LogP) is 1.56. The normalized spacial score (nSPS) is 13.4. The van der Waals surface area contributed by atoms with E-state index in [1.807, 2.05) is 19.1 Å². The summed E-state index contributed by atoms with van der Waals surface area (Å²) < 4.78 is 5.13. The summed E-state index contributed by atoms with van der Waals surface area (Å²) in [7, 11) is 0. The summed E-state index contributed by atoms with van der Waals surface area (Å²) in [6, 6.07) is 4.14. The summed E-state index contributed by atoms with van der Waals surface area (Å²) in [6.07, 6.45) is 3.63. The molecule has 0 bridgehead atoms. The van der Waals surface area contributed by atoms with E-state index in [-0.39, 0.29) is 6.04 Å². The summed E-state index contributed by atoms with van der Waals surface area (Å²) >= 11 is 0. The molecular formula is C8H13NO. The van der Waals surface area contributed by atoms with Crippen molar-refractivity contribution in [2.75, 3.05) is 0 Å². The molecule has 0 aliphatic carbocycles. The van der Waals surface area contributed by atoms with Crippen LogP contribution in [0.2, 0.25) is 0 Å². The van der Waals surface area contributed by atoms with Crippen LogP contribution in [0.1, 0.15) is 19.1 Å². The Morgan fingerprint density at radius 2 is 2.50 bits per heavy atom. The third-order valence-electron chi connectivity index (χ3n) is 1.43. The van der Waals surface area contributed by atoms with Crippen LogP contribution in [0.3, 0.4) is 0 Å². The molecule has 1 rings (SSSR count). The fourth-order valence-corrected chi connectivity index (χ4v) is 0.825. The minimum absolute atomic E-state index is 0.269. The van der Waals surface area contributed by atoms with Crippen molar-refractivity contribution in [3.8, 4) is 0 Å². The molecular weight excluding hydrogens is 126 g/mol. The molecule has 0 aromatic carbocycles. The minimum atomic E-state index is 0.269. The van der Waals surface area contributed by atoms with Crippen LogP contribution in [-0.2, 0) is 6.42 Å². The Kier molecular flexibility index (Phi) is 2.51. The summed E-state index contributed by atoms with van der Waals surface area (Å²) in [4.78, 5) is 0. The standard InChI is InChI=1S/C8H13NO/c1-7(9)4-5-8-3-2-6-10-8/h2-3,6-7H,4-5,9H2,1H3. The maximum atomic E-state index is 5.57. The van der Waals surface area contributed by atoms with E-state index in [1.54, 1.807) is 6.26 Å². The lowest BCUT2D eigenvalue weighted by Gasteiger charge is -2.00. The monoisotopic (exact) mass is 139 g/mol. The van der Waals surface area contributed by atoms with Crippen LogP contribution in [0.5, 0.6) is 0 Å². The van der Waals surface area contributed by atoms with Gasteiger partial charge in [-0.05, 0) is 25.5 Å². The van der Waals surface area contributed by atoms with Gasteiger partial charge in [-0.15, -0.1) is 0 Å². The summed E-state index contributed by atoms with van der Waals surface area (Å²) in [5.41, 5.74) is 5.57. The lowest BCUT2D eigenvalue weighted by molar-refractivity contribution is 0.491. The second-order valence-corrected chi connectivity index (χ2v) is 2.60. The van der Waals surface area contributed by atoms with Crippen molar-refractivity contribution in [1.82, 2.24) is 0 Å².